The monoisotopic (exact) mass is 244 g/mol. The maximum atomic E-state index is 11.8. The quantitative estimate of drug-likeness (QED) is 0.867. The molecule has 0 aromatic heterocycles. The highest BCUT2D eigenvalue weighted by atomic mass is 16.2. The molecule has 3 heteroatoms. The van der Waals surface area contributed by atoms with Crippen LogP contribution in [-0.2, 0) is 11.2 Å². The van der Waals surface area contributed by atoms with E-state index < -0.39 is 0 Å². The Morgan fingerprint density at radius 2 is 2.17 bits per heavy atom. The minimum atomic E-state index is 0.265. The second-order valence-electron chi connectivity index (χ2n) is 5.36. The number of rotatable bonds is 2. The summed E-state index contributed by atoms with van der Waals surface area (Å²) in [5.74, 6) is 0.776. The van der Waals surface area contributed by atoms with Crippen molar-refractivity contribution in [2.75, 3.05) is 18.0 Å². The van der Waals surface area contributed by atoms with E-state index in [4.69, 9.17) is 5.73 Å². The fourth-order valence-corrected chi connectivity index (χ4v) is 3.24. The highest BCUT2D eigenvalue weighted by Gasteiger charge is 2.24. The summed E-state index contributed by atoms with van der Waals surface area (Å²) in [5, 5.41) is 0. The molecule has 1 saturated heterocycles. The van der Waals surface area contributed by atoms with E-state index in [-0.39, 0.29) is 5.91 Å². The lowest BCUT2D eigenvalue weighted by Crippen LogP contribution is -2.24. The van der Waals surface area contributed by atoms with Gasteiger partial charge in [0, 0.05) is 18.7 Å². The van der Waals surface area contributed by atoms with E-state index in [1.807, 2.05) is 4.90 Å². The van der Waals surface area contributed by atoms with Gasteiger partial charge >= 0.3 is 0 Å². The van der Waals surface area contributed by atoms with Crippen molar-refractivity contribution >= 4 is 11.6 Å². The minimum absolute atomic E-state index is 0.265. The van der Waals surface area contributed by atoms with Crippen LogP contribution in [0.2, 0.25) is 0 Å². The topological polar surface area (TPSA) is 46.3 Å². The number of fused-ring (bicyclic) bond motifs is 1. The van der Waals surface area contributed by atoms with Crippen molar-refractivity contribution in [1.82, 2.24) is 0 Å². The van der Waals surface area contributed by atoms with Gasteiger partial charge in [-0.1, -0.05) is 6.07 Å². The molecule has 0 bridgehead atoms. The average molecular weight is 244 g/mol. The Balaban J connectivity index is 1.93. The molecule has 0 saturated carbocycles. The van der Waals surface area contributed by atoms with Crippen molar-refractivity contribution in [1.29, 1.82) is 0 Å². The van der Waals surface area contributed by atoms with Gasteiger partial charge in [-0.3, -0.25) is 4.79 Å². The molecule has 1 aromatic rings. The lowest BCUT2D eigenvalue weighted by Gasteiger charge is -2.26. The van der Waals surface area contributed by atoms with E-state index in [0.29, 0.717) is 12.3 Å². The van der Waals surface area contributed by atoms with Gasteiger partial charge in [0.2, 0.25) is 5.91 Å². The van der Waals surface area contributed by atoms with Crippen molar-refractivity contribution < 1.29 is 4.79 Å². The first-order valence-electron chi connectivity index (χ1n) is 6.93. The van der Waals surface area contributed by atoms with Gasteiger partial charge in [-0.15, -0.1) is 0 Å². The van der Waals surface area contributed by atoms with Crippen LogP contribution < -0.4 is 10.6 Å². The van der Waals surface area contributed by atoms with E-state index in [0.717, 1.165) is 31.6 Å². The van der Waals surface area contributed by atoms with Crippen LogP contribution in [-0.4, -0.2) is 19.0 Å². The summed E-state index contributed by atoms with van der Waals surface area (Å²) in [6.07, 6.45) is 5.23. The van der Waals surface area contributed by atoms with Crippen LogP contribution in [0.4, 0.5) is 5.69 Å². The van der Waals surface area contributed by atoms with Gasteiger partial charge in [-0.2, -0.15) is 0 Å². The number of hydrogen-bond acceptors (Lipinski definition) is 2. The predicted octanol–water partition coefficient (Wildman–Crippen LogP) is 2.19. The van der Waals surface area contributed by atoms with Crippen LogP contribution in [0.3, 0.4) is 0 Å². The summed E-state index contributed by atoms with van der Waals surface area (Å²) in [6, 6.07) is 6.49. The number of aryl methyl sites for hydroxylation is 1. The standard InChI is InChI=1S/C15H20N2O/c16-10-12-4-1-3-11-9-13(6-7-14(11)12)17-8-2-5-15(17)18/h6-7,9,12H,1-5,8,10,16H2. The lowest BCUT2D eigenvalue weighted by atomic mass is 9.82. The second kappa shape index (κ2) is 4.73. The first kappa shape index (κ1) is 11.7. The largest absolute Gasteiger partial charge is 0.330 e. The van der Waals surface area contributed by atoms with Gasteiger partial charge in [0.25, 0.3) is 0 Å². The smallest absolute Gasteiger partial charge is 0.227 e. The molecule has 0 radical (unpaired) electrons. The molecular weight excluding hydrogens is 224 g/mol. The number of benzene rings is 1. The third-order valence-corrected chi connectivity index (χ3v) is 4.23. The van der Waals surface area contributed by atoms with Gasteiger partial charge in [-0.05, 0) is 61.4 Å². The zero-order chi connectivity index (χ0) is 12.5. The Bertz CT molecular complexity index is 470. The van der Waals surface area contributed by atoms with E-state index in [1.165, 1.54) is 24.0 Å². The number of amides is 1. The van der Waals surface area contributed by atoms with E-state index in [1.54, 1.807) is 0 Å². The van der Waals surface area contributed by atoms with Crippen molar-refractivity contribution in [2.45, 2.75) is 38.0 Å². The van der Waals surface area contributed by atoms with Gasteiger partial charge in [0.05, 0.1) is 0 Å². The van der Waals surface area contributed by atoms with E-state index in [9.17, 15) is 4.79 Å². The van der Waals surface area contributed by atoms with Crippen molar-refractivity contribution in [3.05, 3.63) is 29.3 Å². The van der Waals surface area contributed by atoms with Crippen LogP contribution in [0.15, 0.2) is 18.2 Å². The summed E-state index contributed by atoms with van der Waals surface area (Å²) in [7, 11) is 0. The molecule has 1 fully saturated rings. The van der Waals surface area contributed by atoms with E-state index >= 15 is 0 Å². The molecule has 1 heterocycles. The Morgan fingerprint density at radius 3 is 2.89 bits per heavy atom. The minimum Gasteiger partial charge on any atom is -0.330 e. The third-order valence-electron chi connectivity index (χ3n) is 4.23. The SMILES string of the molecule is NCC1CCCc2cc(N3CCCC3=O)ccc21. The average Bonchev–Trinajstić information content (AvgIpc) is 2.83. The zero-order valence-corrected chi connectivity index (χ0v) is 10.7. The Morgan fingerprint density at radius 1 is 1.28 bits per heavy atom. The van der Waals surface area contributed by atoms with Crippen molar-refractivity contribution in [3.63, 3.8) is 0 Å². The predicted molar refractivity (Wildman–Crippen MR) is 72.8 cm³/mol. The maximum absolute atomic E-state index is 11.8. The van der Waals surface area contributed by atoms with Gasteiger partial charge < -0.3 is 10.6 Å². The Kier molecular flexibility index (Phi) is 3.08. The molecule has 1 aliphatic heterocycles. The molecular formula is C15H20N2O. The summed E-state index contributed by atoms with van der Waals surface area (Å²) in [4.78, 5) is 13.7. The van der Waals surface area contributed by atoms with E-state index in [2.05, 4.69) is 18.2 Å². The molecule has 0 spiro atoms. The molecule has 1 atom stereocenters. The summed E-state index contributed by atoms with van der Waals surface area (Å²) in [5.41, 5.74) is 9.71. The zero-order valence-electron chi connectivity index (χ0n) is 10.7. The number of nitrogens with zero attached hydrogens (tertiary/aromatic N) is 1. The highest BCUT2D eigenvalue weighted by molar-refractivity contribution is 5.95. The molecule has 1 amide bonds. The Hall–Kier alpha value is -1.35. The van der Waals surface area contributed by atoms with Gasteiger partial charge in [0.1, 0.15) is 0 Å². The second-order valence-corrected chi connectivity index (χ2v) is 5.36. The van der Waals surface area contributed by atoms with Crippen LogP contribution in [0.1, 0.15) is 42.7 Å². The number of carbonyl (C=O) groups is 1. The molecule has 96 valence electrons. The molecule has 18 heavy (non-hydrogen) atoms. The normalized spacial score (nSPS) is 23.3. The first-order valence-corrected chi connectivity index (χ1v) is 6.93. The van der Waals surface area contributed by atoms with Crippen molar-refractivity contribution in [3.8, 4) is 0 Å². The molecule has 1 aromatic carbocycles. The lowest BCUT2D eigenvalue weighted by molar-refractivity contribution is -0.117. The Labute approximate surface area is 108 Å². The summed E-state index contributed by atoms with van der Waals surface area (Å²) < 4.78 is 0. The number of hydrogen-bond donors (Lipinski definition) is 1. The number of nitrogens with two attached hydrogens (primary N) is 1. The molecule has 1 aliphatic carbocycles. The highest BCUT2D eigenvalue weighted by Crippen LogP contribution is 2.34. The van der Waals surface area contributed by atoms with Crippen LogP contribution in [0.5, 0.6) is 0 Å². The molecule has 2 N–H and O–H groups in total. The summed E-state index contributed by atoms with van der Waals surface area (Å²) in [6.45, 7) is 1.60. The fourth-order valence-electron chi connectivity index (χ4n) is 3.24. The number of carbonyl (C=O) groups excluding carboxylic acids is 1. The van der Waals surface area contributed by atoms with Crippen LogP contribution in [0.25, 0.3) is 0 Å². The summed E-state index contributed by atoms with van der Waals surface area (Å²) >= 11 is 0. The van der Waals surface area contributed by atoms with Crippen LogP contribution in [0, 0.1) is 0 Å². The number of anilines is 1. The van der Waals surface area contributed by atoms with Gasteiger partial charge in [-0.25, -0.2) is 0 Å². The maximum Gasteiger partial charge on any atom is 0.227 e. The van der Waals surface area contributed by atoms with Crippen LogP contribution >= 0.6 is 0 Å². The molecule has 3 rings (SSSR count). The fraction of sp³-hybridized carbons (Fsp3) is 0.533. The molecule has 3 nitrogen and oxygen atoms in total. The van der Waals surface area contributed by atoms with Crippen molar-refractivity contribution in [2.24, 2.45) is 5.73 Å². The molecule has 2 aliphatic rings. The molecule has 1 unspecified atom stereocenters. The first-order chi connectivity index (χ1) is 8.79. The third kappa shape index (κ3) is 1.93. The van der Waals surface area contributed by atoms with Gasteiger partial charge in [0.15, 0.2) is 0 Å².